The summed E-state index contributed by atoms with van der Waals surface area (Å²) in [5.41, 5.74) is 0.348. The van der Waals surface area contributed by atoms with Crippen LogP contribution in [-0.4, -0.2) is 50.9 Å². The van der Waals surface area contributed by atoms with Gasteiger partial charge in [0, 0.05) is 23.9 Å². The van der Waals surface area contributed by atoms with Gasteiger partial charge in [-0.2, -0.15) is 0 Å². The van der Waals surface area contributed by atoms with E-state index in [-0.39, 0.29) is 23.4 Å². The van der Waals surface area contributed by atoms with Crippen LogP contribution in [0.15, 0.2) is 53.4 Å². The van der Waals surface area contributed by atoms with E-state index < -0.39 is 34.3 Å². The van der Waals surface area contributed by atoms with Crippen molar-refractivity contribution in [2.24, 2.45) is 0 Å². The van der Waals surface area contributed by atoms with Crippen LogP contribution in [0.1, 0.15) is 36.0 Å². The van der Waals surface area contributed by atoms with Gasteiger partial charge in [0.25, 0.3) is 0 Å². The number of benzene rings is 2. The standard InChI is InChI=1S/C22H25ClN2O7S/c23-16-7-9-19(10-8-16)33(29,30)24-14-18(32-21-6-1-2-11-31-21)13-20(26)25-17-5-3-4-15(12-17)22(27)28/h3-5,7-10,12,18,21,24H,1-2,6,11,13-14H2,(H,25,26)(H,27,28)/t18-,21?/m0/s1. The lowest BCUT2D eigenvalue weighted by Gasteiger charge is -2.27. The first-order chi connectivity index (χ1) is 15.7. The van der Waals surface area contributed by atoms with E-state index >= 15 is 0 Å². The molecule has 0 spiro atoms. The highest BCUT2D eigenvalue weighted by molar-refractivity contribution is 7.89. The highest BCUT2D eigenvalue weighted by atomic mass is 35.5. The predicted molar refractivity (Wildman–Crippen MR) is 122 cm³/mol. The molecule has 0 aromatic heterocycles. The van der Waals surface area contributed by atoms with Crippen LogP contribution in [0.2, 0.25) is 5.02 Å². The number of aromatic carboxylic acids is 1. The van der Waals surface area contributed by atoms with Crippen LogP contribution in [0.5, 0.6) is 0 Å². The molecule has 2 atom stereocenters. The van der Waals surface area contributed by atoms with Crippen LogP contribution in [0.25, 0.3) is 0 Å². The van der Waals surface area contributed by atoms with Gasteiger partial charge in [-0.05, 0) is 61.7 Å². The van der Waals surface area contributed by atoms with Gasteiger partial charge in [-0.1, -0.05) is 17.7 Å². The summed E-state index contributed by atoms with van der Waals surface area (Å²) in [4.78, 5) is 23.8. The van der Waals surface area contributed by atoms with Crippen molar-refractivity contribution in [2.75, 3.05) is 18.5 Å². The molecule has 11 heteroatoms. The molecule has 1 aliphatic rings. The second-order valence-electron chi connectivity index (χ2n) is 7.50. The van der Waals surface area contributed by atoms with Crippen molar-refractivity contribution in [3.05, 3.63) is 59.1 Å². The lowest BCUT2D eigenvalue weighted by molar-refractivity contribution is -0.187. The van der Waals surface area contributed by atoms with Gasteiger partial charge < -0.3 is 19.9 Å². The molecule has 0 aliphatic carbocycles. The average Bonchev–Trinajstić information content (AvgIpc) is 2.78. The Hall–Kier alpha value is -2.50. The molecule has 1 aliphatic heterocycles. The Morgan fingerprint density at radius 2 is 1.94 bits per heavy atom. The summed E-state index contributed by atoms with van der Waals surface area (Å²) in [6, 6.07) is 11.5. The van der Waals surface area contributed by atoms with Crippen LogP contribution in [0.3, 0.4) is 0 Å². The lowest BCUT2D eigenvalue weighted by Crippen LogP contribution is -2.39. The molecule has 9 nitrogen and oxygen atoms in total. The first-order valence-corrected chi connectivity index (χ1v) is 12.2. The number of carboxylic acid groups (broad SMARTS) is 1. The Morgan fingerprint density at radius 1 is 1.18 bits per heavy atom. The molecular formula is C22H25ClN2O7S. The van der Waals surface area contributed by atoms with Crippen molar-refractivity contribution >= 4 is 39.2 Å². The fourth-order valence-corrected chi connectivity index (χ4v) is 4.44. The van der Waals surface area contributed by atoms with Gasteiger partial charge in [-0.3, -0.25) is 4.79 Å². The second kappa shape index (κ2) is 11.6. The summed E-state index contributed by atoms with van der Waals surface area (Å²) in [7, 11) is -3.85. The molecule has 1 heterocycles. The highest BCUT2D eigenvalue weighted by Gasteiger charge is 2.25. The number of hydrogen-bond acceptors (Lipinski definition) is 6. The van der Waals surface area contributed by atoms with Gasteiger partial charge in [-0.15, -0.1) is 0 Å². The average molecular weight is 497 g/mol. The smallest absolute Gasteiger partial charge is 0.335 e. The zero-order chi connectivity index (χ0) is 23.8. The number of carboxylic acids is 1. The van der Waals surface area contributed by atoms with Crippen LogP contribution in [0.4, 0.5) is 5.69 Å². The van der Waals surface area contributed by atoms with E-state index in [1.807, 2.05) is 0 Å². The number of hydrogen-bond donors (Lipinski definition) is 3. The van der Waals surface area contributed by atoms with Crippen molar-refractivity contribution in [1.82, 2.24) is 4.72 Å². The summed E-state index contributed by atoms with van der Waals surface area (Å²) < 4.78 is 39.2. The topological polar surface area (TPSA) is 131 Å². The molecule has 1 saturated heterocycles. The van der Waals surface area contributed by atoms with E-state index in [1.165, 1.54) is 42.5 Å². The summed E-state index contributed by atoms with van der Waals surface area (Å²) >= 11 is 5.82. The minimum Gasteiger partial charge on any atom is -0.478 e. The SMILES string of the molecule is O=C(C[C@@H](CNS(=O)(=O)c1ccc(Cl)cc1)OC1CCCCO1)Nc1cccc(C(=O)O)c1. The van der Waals surface area contributed by atoms with Crippen molar-refractivity contribution in [3.8, 4) is 0 Å². The Bertz CT molecular complexity index is 1070. The molecule has 1 unspecified atom stereocenters. The molecular weight excluding hydrogens is 472 g/mol. The van der Waals surface area contributed by atoms with Crippen LogP contribution in [0, 0.1) is 0 Å². The molecule has 1 amide bonds. The molecule has 3 N–H and O–H groups in total. The zero-order valence-electron chi connectivity index (χ0n) is 17.7. The summed E-state index contributed by atoms with van der Waals surface area (Å²) in [5, 5.41) is 12.1. The molecule has 0 saturated carbocycles. The largest absolute Gasteiger partial charge is 0.478 e. The monoisotopic (exact) mass is 496 g/mol. The third kappa shape index (κ3) is 7.79. The maximum Gasteiger partial charge on any atom is 0.335 e. The van der Waals surface area contributed by atoms with E-state index in [1.54, 1.807) is 6.07 Å². The van der Waals surface area contributed by atoms with E-state index in [9.17, 15) is 18.0 Å². The van der Waals surface area contributed by atoms with Crippen LogP contribution in [-0.2, 0) is 24.3 Å². The van der Waals surface area contributed by atoms with Crippen molar-refractivity contribution < 1.29 is 32.6 Å². The van der Waals surface area contributed by atoms with Crippen LogP contribution < -0.4 is 10.0 Å². The Balaban J connectivity index is 1.66. The molecule has 178 valence electrons. The van der Waals surface area contributed by atoms with Gasteiger partial charge >= 0.3 is 5.97 Å². The summed E-state index contributed by atoms with van der Waals surface area (Å²) in [6.07, 6.45) is 0.948. The number of sulfonamides is 1. The molecule has 3 rings (SSSR count). The van der Waals surface area contributed by atoms with Gasteiger partial charge in [0.05, 0.1) is 23.0 Å². The maximum atomic E-state index is 12.6. The molecule has 1 fully saturated rings. The van der Waals surface area contributed by atoms with Gasteiger partial charge in [0.15, 0.2) is 6.29 Å². The number of amides is 1. The number of halogens is 1. The quantitative estimate of drug-likeness (QED) is 0.460. The minimum atomic E-state index is -3.85. The molecule has 0 radical (unpaired) electrons. The summed E-state index contributed by atoms with van der Waals surface area (Å²) in [5.74, 6) is -1.57. The lowest BCUT2D eigenvalue weighted by atomic mass is 10.2. The number of rotatable bonds is 10. The second-order valence-corrected chi connectivity index (χ2v) is 9.70. The predicted octanol–water partition coefficient (Wildman–Crippen LogP) is 3.26. The first-order valence-electron chi connectivity index (χ1n) is 10.4. The van der Waals surface area contributed by atoms with Gasteiger partial charge in [0.1, 0.15) is 0 Å². The molecule has 0 bridgehead atoms. The van der Waals surface area contributed by atoms with E-state index in [4.69, 9.17) is 26.2 Å². The normalized spacial score (nSPS) is 17.3. The zero-order valence-corrected chi connectivity index (χ0v) is 19.3. The Morgan fingerprint density at radius 3 is 2.61 bits per heavy atom. The van der Waals surface area contributed by atoms with Gasteiger partial charge in [0.2, 0.25) is 15.9 Å². The van der Waals surface area contributed by atoms with E-state index in [2.05, 4.69) is 10.0 Å². The Kier molecular flexibility index (Phi) is 8.81. The summed E-state index contributed by atoms with van der Waals surface area (Å²) in [6.45, 7) is 0.371. The molecule has 2 aromatic carbocycles. The fraction of sp³-hybridized carbons (Fsp3) is 0.364. The van der Waals surface area contributed by atoms with E-state index in [0.29, 0.717) is 23.7 Å². The molecule has 2 aromatic rings. The highest BCUT2D eigenvalue weighted by Crippen LogP contribution is 2.19. The third-order valence-corrected chi connectivity index (χ3v) is 6.60. The fourth-order valence-electron chi connectivity index (χ4n) is 3.25. The van der Waals surface area contributed by atoms with Crippen molar-refractivity contribution in [2.45, 2.75) is 43.0 Å². The number of carbonyl (C=O) groups excluding carboxylic acids is 1. The minimum absolute atomic E-state index is 0.0342. The number of nitrogens with one attached hydrogen (secondary N) is 2. The Labute approximate surface area is 197 Å². The first kappa shape index (κ1) is 25.1. The van der Waals surface area contributed by atoms with Crippen molar-refractivity contribution in [1.29, 1.82) is 0 Å². The van der Waals surface area contributed by atoms with E-state index in [0.717, 1.165) is 12.8 Å². The maximum absolute atomic E-state index is 12.6. The number of ether oxygens (including phenoxy) is 2. The number of carbonyl (C=O) groups is 2. The van der Waals surface area contributed by atoms with Crippen LogP contribution >= 0.6 is 11.6 Å². The van der Waals surface area contributed by atoms with Gasteiger partial charge in [-0.25, -0.2) is 17.9 Å². The third-order valence-electron chi connectivity index (χ3n) is 4.91. The number of anilines is 1. The van der Waals surface area contributed by atoms with Crippen molar-refractivity contribution in [3.63, 3.8) is 0 Å². The molecule has 33 heavy (non-hydrogen) atoms.